The van der Waals surface area contributed by atoms with Gasteiger partial charge < -0.3 is 4.74 Å². The Morgan fingerprint density at radius 1 is 1.54 bits per heavy atom. The third-order valence-corrected chi connectivity index (χ3v) is 2.74. The summed E-state index contributed by atoms with van der Waals surface area (Å²) in [5.74, 6) is 0.511. The summed E-state index contributed by atoms with van der Waals surface area (Å²) >= 11 is 0. The van der Waals surface area contributed by atoms with Crippen LogP contribution in [-0.2, 0) is 9.53 Å². The number of hydrogen-bond acceptors (Lipinski definition) is 2. The molecule has 13 heavy (non-hydrogen) atoms. The lowest BCUT2D eigenvalue weighted by atomic mass is 9.94. The van der Waals surface area contributed by atoms with Crippen LogP contribution in [0.1, 0.15) is 33.1 Å². The van der Waals surface area contributed by atoms with E-state index in [1.807, 2.05) is 6.92 Å². The van der Waals surface area contributed by atoms with Crippen LogP contribution in [0.25, 0.3) is 0 Å². The van der Waals surface area contributed by atoms with Crippen molar-refractivity contribution >= 4 is 5.97 Å². The second kappa shape index (κ2) is 4.45. The number of esters is 1. The molecule has 2 atom stereocenters. The summed E-state index contributed by atoms with van der Waals surface area (Å²) in [5.41, 5.74) is 1.20. The van der Waals surface area contributed by atoms with E-state index < -0.39 is 0 Å². The summed E-state index contributed by atoms with van der Waals surface area (Å²) in [5, 5.41) is 0. The highest BCUT2D eigenvalue weighted by molar-refractivity contribution is 5.73. The number of hydrogen-bond donors (Lipinski definition) is 0. The molecular formula is C11H18O2. The standard InChI is InChI=1S/C11H18O2/c1-4-9-6-8(3)7-10(9)11(12)13-5-2/h9-10H,3-7H2,1-2H3. The highest BCUT2D eigenvalue weighted by Gasteiger charge is 2.34. The second-order valence-electron chi connectivity index (χ2n) is 3.69. The number of carbonyl (C=O) groups is 1. The van der Waals surface area contributed by atoms with Gasteiger partial charge in [0, 0.05) is 0 Å². The highest BCUT2D eigenvalue weighted by atomic mass is 16.5. The molecule has 74 valence electrons. The van der Waals surface area contributed by atoms with Gasteiger partial charge in [0.15, 0.2) is 0 Å². The number of ether oxygens (including phenoxy) is 1. The largest absolute Gasteiger partial charge is 0.466 e. The van der Waals surface area contributed by atoms with E-state index >= 15 is 0 Å². The maximum absolute atomic E-state index is 11.5. The molecule has 0 aromatic heterocycles. The zero-order chi connectivity index (χ0) is 9.84. The van der Waals surface area contributed by atoms with Crippen LogP contribution in [0.2, 0.25) is 0 Å². The molecule has 0 aromatic rings. The highest BCUT2D eigenvalue weighted by Crippen LogP contribution is 2.37. The van der Waals surface area contributed by atoms with Crippen LogP contribution in [0.5, 0.6) is 0 Å². The molecule has 0 amide bonds. The molecule has 0 N–H and O–H groups in total. The zero-order valence-electron chi connectivity index (χ0n) is 8.51. The molecule has 0 spiro atoms. The first-order chi connectivity index (χ1) is 6.19. The van der Waals surface area contributed by atoms with Crippen molar-refractivity contribution in [2.45, 2.75) is 33.1 Å². The molecule has 0 aliphatic heterocycles. The van der Waals surface area contributed by atoms with Gasteiger partial charge >= 0.3 is 5.97 Å². The Labute approximate surface area is 80.0 Å². The lowest BCUT2D eigenvalue weighted by molar-refractivity contribution is -0.149. The minimum Gasteiger partial charge on any atom is -0.466 e. The molecule has 0 saturated heterocycles. The molecule has 0 heterocycles. The normalized spacial score (nSPS) is 27.7. The topological polar surface area (TPSA) is 26.3 Å². The zero-order valence-corrected chi connectivity index (χ0v) is 8.51. The molecule has 1 saturated carbocycles. The fourth-order valence-electron chi connectivity index (χ4n) is 2.03. The summed E-state index contributed by atoms with van der Waals surface area (Å²) in [6, 6.07) is 0. The summed E-state index contributed by atoms with van der Waals surface area (Å²) in [7, 11) is 0. The SMILES string of the molecule is C=C1CC(CC)C(C(=O)OCC)C1. The van der Waals surface area contributed by atoms with Gasteiger partial charge in [-0.1, -0.05) is 25.5 Å². The Morgan fingerprint density at radius 2 is 2.23 bits per heavy atom. The van der Waals surface area contributed by atoms with Gasteiger partial charge in [-0.05, 0) is 25.7 Å². The molecule has 0 aromatic carbocycles. The molecule has 2 nitrogen and oxygen atoms in total. The van der Waals surface area contributed by atoms with Crippen molar-refractivity contribution in [1.29, 1.82) is 0 Å². The monoisotopic (exact) mass is 182 g/mol. The van der Waals surface area contributed by atoms with Gasteiger partial charge in [0.1, 0.15) is 0 Å². The van der Waals surface area contributed by atoms with Crippen LogP contribution in [0.15, 0.2) is 12.2 Å². The van der Waals surface area contributed by atoms with E-state index in [0.717, 1.165) is 19.3 Å². The van der Waals surface area contributed by atoms with Crippen molar-refractivity contribution in [2.75, 3.05) is 6.61 Å². The molecule has 0 radical (unpaired) electrons. The first-order valence-electron chi connectivity index (χ1n) is 5.02. The van der Waals surface area contributed by atoms with Crippen LogP contribution in [-0.4, -0.2) is 12.6 Å². The van der Waals surface area contributed by atoms with E-state index in [4.69, 9.17) is 4.74 Å². The van der Waals surface area contributed by atoms with Crippen LogP contribution >= 0.6 is 0 Å². The fourth-order valence-corrected chi connectivity index (χ4v) is 2.03. The van der Waals surface area contributed by atoms with E-state index in [2.05, 4.69) is 13.5 Å². The van der Waals surface area contributed by atoms with Gasteiger partial charge in [0.05, 0.1) is 12.5 Å². The number of allylic oxidation sites excluding steroid dienone is 1. The minimum atomic E-state index is -0.0343. The van der Waals surface area contributed by atoms with E-state index in [1.54, 1.807) is 0 Å². The van der Waals surface area contributed by atoms with E-state index in [9.17, 15) is 4.79 Å². The second-order valence-corrected chi connectivity index (χ2v) is 3.69. The van der Waals surface area contributed by atoms with E-state index in [-0.39, 0.29) is 11.9 Å². The Kier molecular flexibility index (Phi) is 3.52. The molecule has 2 heteroatoms. The van der Waals surface area contributed by atoms with Crippen molar-refractivity contribution in [2.24, 2.45) is 11.8 Å². The molecule has 0 bridgehead atoms. The van der Waals surface area contributed by atoms with Crippen molar-refractivity contribution in [3.8, 4) is 0 Å². The molecule has 1 aliphatic rings. The van der Waals surface area contributed by atoms with E-state index in [0.29, 0.717) is 12.5 Å². The Bertz CT molecular complexity index is 208. The van der Waals surface area contributed by atoms with Gasteiger partial charge in [-0.25, -0.2) is 0 Å². The summed E-state index contributed by atoms with van der Waals surface area (Å²) in [4.78, 5) is 11.5. The molecule has 1 rings (SSSR count). The third-order valence-electron chi connectivity index (χ3n) is 2.74. The Hall–Kier alpha value is -0.790. The van der Waals surface area contributed by atoms with E-state index in [1.165, 1.54) is 5.57 Å². The van der Waals surface area contributed by atoms with Gasteiger partial charge in [-0.3, -0.25) is 4.79 Å². The van der Waals surface area contributed by atoms with Crippen LogP contribution in [0.3, 0.4) is 0 Å². The molecular weight excluding hydrogens is 164 g/mol. The summed E-state index contributed by atoms with van der Waals surface area (Å²) in [6.07, 6.45) is 2.87. The lowest BCUT2D eigenvalue weighted by Crippen LogP contribution is -2.20. The fraction of sp³-hybridized carbons (Fsp3) is 0.727. The predicted molar refractivity (Wildman–Crippen MR) is 52.3 cm³/mol. The van der Waals surface area contributed by atoms with Crippen LogP contribution in [0, 0.1) is 11.8 Å². The van der Waals surface area contributed by atoms with Crippen LogP contribution < -0.4 is 0 Å². The van der Waals surface area contributed by atoms with Crippen LogP contribution in [0.4, 0.5) is 0 Å². The van der Waals surface area contributed by atoms with Gasteiger partial charge in [0.25, 0.3) is 0 Å². The van der Waals surface area contributed by atoms with Crippen molar-refractivity contribution in [3.05, 3.63) is 12.2 Å². The third kappa shape index (κ3) is 2.33. The number of rotatable bonds is 3. The maximum Gasteiger partial charge on any atom is 0.309 e. The molecule has 1 fully saturated rings. The average Bonchev–Trinajstić information content (AvgIpc) is 2.47. The Balaban J connectivity index is 2.57. The molecule has 2 unspecified atom stereocenters. The van der Waals surface area contributed by atoms with Crippen molar-refractivity contribution in [3.63, 3.8) is 0 Å². The number of carbonyl (C=O) groups excluding carboxylic acids is 1. The van der Waals surface area contributed by atoms with Crippen molar-refractivity contribution in [1.82, 2.24) is 0 Å². The summed E-state index contributed by atoms with van der Waals surface area (Å²) < 4.78 is 5.03. The lowest BCUT2D eigenvalue weighted by Gasteiger charge is -2.15. The average molecular weight is 182 g/mol. The first kappa shape index (κ1) is 10.3. The van der Waals surface area contributed by atoms with Gasteiger partial charge in [-0.15, -0.1) is 0 Å². The van der Waals surface area contributed by atoms with Gasteiger partial charge in [0.2, 0.25) is 0 Å². The quantitative estimate of drug-likeness (QED) is 0.495. The van der Waals surface area contributed by atoms with Crippen molar-refractivity contribution < 1.29 is 9.53 Å². The first-order valence-corrected chi connectivity index (χ1v) is 5.02. The van der Waals surface area contributed by atoms with Gasteiger partial charge in [-0.2, -0.15) is 0 Å². The maximum atomic E-state index is 11.5. The molecule has 1 aliphatic carbocycles. The summed E-state index contributed by atoms with van der Waals surface area (Å²) in [6.45, 7) is 8.39. The predicted octanol–water partition coefficient (Wildman–Crippen LogP) is 2.54. The Morgan fingerprint density at radius 3 is 2.77 bits per heavy atom. The minimum absolute atomic E-state index is 0.0343. The smallest absolute Gasteiger partial charge is 0.309 e.